The Bertz CT molecular complexity index is 1090. The molecule has 0 fully saturated rings. The SMILES string of the molecule is CCOC(=O)[C@](NNS(=O)(=O)c1ccc(C)cc1)(NC(=O)c1ccccc1F)C(F)(F)F. The van der Waals surface area contributed by atoms with Crippen LogP contribution in [-0.2, 0) is 19.6 Å². The third-order valence-corrected chi connectivity index (χ3v) is 5.39. The summed E-state index contributed by atoms with van der Waals surface area (Å²) in [6, 6.07) is 9.13. The van der Waals surface area contributed by atoms with E-state index in [-0.39, 0.29) is 0 Å². The molecular weight excluding hydrogens is 458 g/mol. The summed E-state index contributed by atoms with van der Waals surface area (Å²) in [7, 11) is -4.62. The number of amides is 1. The van der Waals surface area contributed by atoms with Crippen molar-refractivity contribution in [1.29, 1.82) is 0 Å². The molecule has 0 spiro atoms. The van der Waals surface area contributed by atoms with Gasteiger partial charge in [0.05, 0.1) is 17.1 Å². The molecule has 32 heavy (non-hydrogen) atoms. The van der Waals surface area contributed by atoms with Gasteiger partial charge in [0.2, 0.25) is 0 Å². The molecule has 0 aliphatic heterocycles. The standard InChI is InChI=1S/C19H19F4N3O5S/c1-3-31-17(28)18(19(21,22)23,24-16(27)14-6-4-5-7-15(14)20)25-26-32(29,30)13-10-8-12(2)9-11-13/h4-11,25-26H,3H2,1-2H3,(H,24,27)/t18-/m1/s1. The molecule has 0 bridgehead atoms. The minimum Gasteiger partial charge on any atom is -0.463 e. The zero-order chi connectivity index (χ0) is 24.2. The number of aryl methyl sites for hydroxylation is 1. The topological polar surface area (TPSA) is 114 Å². The maximum atomic E-state index is 14.0. The Morgan fingerprint density at radius 2 is 1.62 bits per heavy atom. The lowest BCUT2D eigenvalue weighted by atomic mass is 10.1. The third kappa shape index (κ3) is 5.41. The van der Waals surface area contributed by atoms with Crippen LogP contribution in [0.1, 0.15) is 22.8 Å². The molecule has 13 heteroatoms. The quantitative estimate of drug-likeness (QED) is 0.233. The molecule has 2 aromatic rings. The average Bonchev–Trinajstić information content (AvgIpc) is 2.71. The van der Waals surface area contributed by atoms with E-state index >= 15 is 0 Å². The van der Waals surface area contributed by atoms with Crippen LogP contribution >= 0.6 is 0 Å². The number of nitrogens with one attached hydrogen (secondary N) is 3. The van der Waals surface area contributed by atoms with Crippen molar-refractivity contribution in [2.24, 2.45) is 0 Å². The van der Waals surface area contributed by atoms with E-state index in [1.165, 1.54) is 46.8 Å². The molecular formula is C19H19F4N3O5S. The van der Waals surface area contributed by atoms with E-state index in [2.05, 4.69) is 4.74 Å². The van der Waals surface area contributed by atoms with Gasteiger partial charge in [-0.25, -0.2) is 23.0 Å². The number of benzene rings is 2. The van der Waals surface area contributed by atoms with Crippen molar-refractivity contribution in [2.45, 2.75) is 30.6 Å². The van der Waals surface area contributed by atoms with Crippen LogP contribution in [0.3, 0.4) is 0 Å². The summed E-state index contributed by atoms with van der Waals surface area (Å²) in [5, 5.41) is 1.33. The maximum Gasteiger partial charge on any atom is 0.437 e. The van der Waals surface area contributed by atoms with Gasteiger partial charge in [-0.05, 0) is 38.1 Å². The average molecular weight is 477 g/mol. The third-order valence-electron chi connectivity index (χ3n) is 4.13. The van der Waals surface area contributed by atoms with Crippen molar-refractivity contribution in [3.63, 3.8) is 0 Å². The van der Waals surface area contributed by atoms with Crippen LogP contribution in [-0.4, -0.2) is 38.7 Å². The van der Waals surface area contributed by atoms with Crippen LogP contribution in [0.15, 0.2) is 53.4 Å². The second-order valence-electron chi connectivity index (χ2n) is 6.45. The van der Waals surface area contributed by atoms with E-state index in [4.69, 9.17) is 0 Å². The van der Waals surface area contributed by atoms with Crippen molar-refractivity contribution in [2.75, 3.05) is 6.61 Å². The molecule has 1 amide bonds. The first-order chi connectivity index (χ1) is 14.8. The Hall–Kier alpha value is -3.03. The largest absolute Gasteiger partial charge is 0.463 e. The van der Waals surface area contributed by atoms with Crippen LogP contribution < -0.4 is 15.6 Å². The van der Waals surface area contributed by atoms with Gasteiger partial charge in [-0.15, -0.1) is 4.83 Å². The molecule has 2 rings (SSSR count). The molecule has 1 atom stereocenters. The van der Waals surface area contributed by atoms with E-state index in [0.717, 1.165) is 24.3 Å². The van der Waals surface area contributed by atoms with Crippen molar-refractivity contribution < 1.29 is 40.3 Å². The monoisotopic (exact) mass is 477 g/mol. The molecule has 0 radical (unpaired) electrons. The number of ether oxygens (including phenoxy) is 1. The first kappa shape index (κ1) is 25.2. The Morgan fingerprint density at radius 1 is 1.03 bits per heavy atom. The molecule has 0 aromatic heterocycles. The van der Waals surface area contributed by atoms with Crippen LogP contribution in [0, 0.1) is 12.7 Å². The molecule has 174 valence electrons. The summed E-state index contributed by atoms with van der Waals surface area (Å²) in [6.07, 6.45) is -5.62. The Morgan fingerprint density at radius 3 is 2.16 bits per heavy atom. The highest BCUT2D eigenvalue weighted by Gasteiger charge is 2.64. The molecule has 2 aromatic carbocycles. The summed E-state index contributed by atoms with van der Waals surface area (Å²) in [6.45, 7) is 2.34. The van der Waals surface area contributed by atoms with Gasteiger partial charge in [-0.1, -0.05) is 29.8 Å². The molecule has 3 N–H and O–H groups in total. The van der Waals surface area contributed by atoms with Gasteiger partial charge < -0.3 is 10.1 Å². The number of esters is 1. The van der Waals surface area contributed by atoms with Gasteiger partial charge in [0, 0.05) is 0 Å². The van der Waals surface area contributed by atoms with Gasteiger partial charge in [-0.2, -0.15) is 13.2 Å². The predicted octanol–water partition coefficient (Wildman–Crippen LogP) is 2.17. The van der Waals surface area contributed by atoms with Crippen molar-refractivity contribution >= 4 is 21.9 Å². The fourth-order valence-electron chi connectivity index (χ4n) is 2.43. The van der Waals surface area contributed by atoms with E-state index in [1.807, 2.05) is 0 Å². The van der Waals surface area contributed by atoms with Crippen LogP contribution in [0.5, 0.6) is 0 Å². The minimum atomic E-state index is -5.62. The lowest BCUT2D eigenvalue weighted by Gasteiger charge is -2.34. The first-order valence-electron chi connectivity index (χ1n) is 9.00. The molecule has 0 aliphatic carbocycles. The van der Waals surface area contributed by atoms with E-state index in [9.17, 15) is 35.6 Å². The zero-order valence-corrected chi connectivity index (χ0v) is 17.6. The molecule has 0 saturated carbocycles. The van der Waals surface area contributed by atoms with Crippen LogP contribution in [0.4, 0.5) is 17.6 Å². The molecule has 0 saturated heterocycles. The van der Waals surface area contributed by atoms with Crippen molar-refractivity contribution in [3.05, 3.63) is 65.5 Å². The van der Waals surface area contributed by atoms with E-state index in [1.54, 1.807) is 6.92 Å². The predicted molar refractivity (Wildman–Crippen MR) is 104 cm³/mol. The number of hydrogen-bond donors (Lipinski definition) is 3. The Labute approximate surface area is 181 Å². The number of rotatable bonds is 8. The Balaban J connectivity index is 2.47. The summed E-state index contributed by atoms with van der Waals surface area (Å²) in [5.74, 6) is -4.87. The van der Waals surface area contributed by atoms with Gasteiger partial charge in [0.15, 0.2) is 0 Å². The van der Waals surface area contributed by atoms with Gasteiger partial charge in [0.1, 0.15) is 5.82 Å². The number of alkyl halides is 3. The molecule has 0 heterocycles. The molecule has 0 aliphatic rings. The highest BCUT2D eigenvalue weighted by Crippen LogP contribution is 2.30. The number of hydrazine groups is 1. The second-order valence-corrected chi connectivity index (χ2v) is 8.13. The number of carbonyl (C=O) groups excluding carboxylic acids is 2. The van der Waals surface area contributed by atoms with Crippen LogP contribution in [0.25, 0.3) is 0 Å². The summed E-state index contributed by atoms with van der Waals surface area (Å²) in [5.41, 5.74) is -2.86. The maximum absolute atomic E-state index is 14.0. The number of hydrogen-bond acceptors (Lipinski definition) is 6. The lowest BCUT2D eigenvalue weighted by Crippen LogP contribution is -2.75. The first-order valence-corrected chi connectivity index (χ1v) is 10.5. The fourth-order valence-corrected chi connectivity index (χ4v) is 3.33. The van der Waals surface area contributed by atoms with E-state index in [0.29, 0.717) is 5.56 Å². The molecule has 0 unspecified atom stereocenters. The Kier molecular flexibility index (Phi) is 7.59. The van der Waals surface area contributed by atoms with Crippen molar-refractivity contribution in [1.82, 2.24) is 15.6 Å². The summed E-state index contributed by atoms with van der Waals surface area (Å²) in [4.78, 5) is 25.7. The second kappa shape index (κ2) is 9.63. The van der Waals surface area contributed by atoms with Gasteiger partial charge in [-0.3, -0.25) is 4.79 Å². The zero-order valence-electron chi connectivity index (χ0n) is 16.8. The molecule has 8 nitrogen and oxygen atoms in total. The lowest BCUT2D eigenvalue weighted by molar-refractivity contribution is -0.219. The normalized spacial score (nSPS) is 13.8. The van der Waals surface area contributed by atoms with Crippen LogP contribution in [0.2, 0.25) is 0 Å². The number of sulfonamides is 1. The fraction of sp³-hybridized carbons (Fsp3) is 0.263. The van der Waals surface area contributed by atoms with Crippen molar-refractivity contribution in [3.8, 4) is 0 Å². The van der Waals surface area contributed by atoms with Gasteiger partial charge in [0.25, 0.3) is 15.9 Å². The highest BCUT2D eigenvalue weighted by atomic mass is 32.2. The summed E-state index contributed by atoms with van der Waals surface area (Å²) >= 11 is 0. The van der Waals surface area contributed by atoms with E-state index < -0.39 is 56.6 Å². The smallest absolute Gasteiger partial charge is 0.437 e. The van der Waals surface area contributed by atoms with Gasteiger partial charge >= 0.3 is 17.8 Å². The summed E-state index contributed by atoms with van der Waals surface area (Å²) < 4.78 is 85.4. The minimum absolute atomic E-state index is 0.420. The highest BCUT2D eigenvalue weighted by molar-refractivity contribution is 7.89. The number of halogens is 4. The number of carbonyl (C=O) groups is 2.